The number of halogens is 1. The van der Waals surface area contributed by atoms with E-state index in [9.17, 15) is 9.90 Å². The molecule has 0 atom stereocenters. The van der Waals surface area contributed by atoms with Crippen LogP contribution in [0.1, 0.15) is 59.0 Å². The van der Waals surface area contributed by atoms with Crippen molar-refractivity contribution in [3.05, 3.63) is 112 Å². The number of hydrogen-bond acceptors (Lipinski definition) is 6. The molecule has 3 aromatic heterocycles. The monoisotopic (exact) mass is 679 g/mol. The van der Waals surface area contributed by atoms with Gasteiger partial charge in [-0.05, 0) is 62.0 Å². The maximum Gasteiger partial charge on any atom is 0.352 e. The molecule has 254 valence electrons. The minimum atomic E-state index is -1.00. The number of aryl methyl sites for hydroxylation is 2. The summed E-state index contributed by atoms with van der Waals surface area (Å²) in [5, 5.41) is 22.1. The van der Waals surface area contributed by atoms with Crippen LogP contribution in [0.3, 0.4) is 0 Å². The van der Waals surface area contributed by atoms with Crippen LogP contribution in [0, 0.1) is 6.92 Å². The Morgan fingerprint density at radius 2 is 1.78 bits per heavy atom. The quantitative estimate of drug-likeness (QED) is 0.157. The SMILES string of the molecule is CCNCC.Cc1c2c(nn1C)COCc1cccnc1Cn1c(C(=O)O)c(CCCOc3cccc4ccccc34)c3ccc(Cl)c-2c31. The predicted molar refractivity (Wildman–Crippen MR) is 195 cm³/mol. The summed E-state index contributed by atoms with van der Waals surface area (Å²) in [5.74, 6) is -0.183. The summed E-state index contributed by atoms with van der Waals surface area (Å²) in [7, 11) is 1.89. The predicted octanol–water partition coefficient (Wildman–Crippen LogP) is 7.96. The van der Waals surface area contributed by atoms with E-state index in [-0.39, 0.29) is 18.8 Å². The molecule has 49 heavy (non-hydrogen) atoms. The van der Waals surface area contributed by atoms with Crippen molar-refractivity contribution >= 4 is 39.2 Å². The second-order valence-electron chi connectivity index (χ2n) is 12.1. The highest BCUT2D eigenvalue weighted by atomic mass is 35.5. The zero-order valence-corrected chi connectivity index (χ0v) is 29.2. The minimum absolute atomic E-state index is 0.230. The first-order chi connectivity index (χ1) is 23.8. The fourth-order valence-corrected chi connectivity index (χ4v) is 6.89. The molecule has 0 unspecified atom stereocenters. The summed E-state index contributed by atoms with van der Waals surface area (Å²) in [5.41, 5.74) is 6.68. The number of carbonyl (C=O) groups is 1. The molecule has 0 saturated carbocycles. The van der Waals surface area contributed by atoms with Crippen LogP contribution in [0.25, 0.3) is 32.8 Å². The highest BCUT2D eigenvalue weighted by molar-refractivity contribution is 6.35. The Labute approximate surface area is 291 Å². The molecule has 6 aromatic rings. The van der Waals surface area contributed by atoms with Gasteiger partial charge in [0.05, 0.1) is 48.3 Å². The third-order valence-corrected chi connectivity index (χ3v) is 9.32. The smallest absolute Gasteiger partial charge is 0.352 e. The number of benzene rings is 3. The number of carboxylic acids is 1. The first-order valence-corrected chi connectivity index (χ1v) is 17.1. The van der Waals surface area contributed by atoms with Gasteiger partial charge in [0.15, 0.2) is 0 Å². The number of pyridine rings is 1. The van der Waals surface area contributed by atoms with Gasteiger partial charge in [0, 0.05) is 46.4 Å². The number of carboxylic acid groups (broad SMARTS) is 1. The first-order valence-electron chi connectivity index (χ1n) is 16.7. The summed E-state index contributed by atoms with van der Waals surface area (Å²) in [6.07, 6.45) is 2.86. The molecule has 0 spiro atoms. The van der Waals surface area contributed by atoms with Crippen LogP contribution in [0.15, 0.2) is 72.9 Å². The molecule has 10 heteroatoms. The van der Waals surface area contributed by atoms with Gasteiger partial charge in [-0.3, -0.25) is 9.67 Å². The molecule has 0 amide bonds. The molecular formula is C39H42ClN5O4. The van der Waals surface area contributed by atoms with Crippen molar-refractivity contribution in [1.82, 2.24) is 24.6 Å². The third-order valence-electron chi connectivity index (χ3n) is 9.00. The molecule has 9 nitrogen and oxygen atoms in total. The lowest BCUT2D eigenvalue weighted by molar-refractivity contribution is 0.0684. The fraction of sp³-hybridized carbons (Fsp3) is 0.308. The van der Waals surface area contributed by atoms with Crippen LogP contribution in [0.5, 0.6) is 5.75 Å². The maximum absolute atomic E-state index is 13.1. The fourth-order valence-electron chi connectivity index (χ4n) is 6.64. The van der Waals surface area contributed by atoms with E-state index in [0.717, 1.165) is 79.8 Å². The highest BCUT2D eigenvalue weighted by Crippen LogP contribution is 2.43. The average molecular weight is 680 g/mol. The lowest BCUT2D eigenvalue weighted by Crippen LogP contribution is -2.14. The second kappa shape index (κ2) is 15.2. The van der Waals surface area contributed by atoms with Crippen molar-refractivity contribution in [2.75, 3.05) is 19.7 Å². The molecule has 1 aliphatic rings. The molecule has 2 N–H and O–H groups in total. The van der Waals surface area contributed by atoms with Crippen molar-refractivity contribution in [3.63, 3.8) is 0 Å². The highest BCUT2D eigenvalue weighted by Gasteiger charge is 2.29. The third kappa shape index (κ3) is 6.92. The summed E-state index contributed by atoms with van der Waals surface area (Å²) in [6.45, 7) is 9.68. The molecule has 4 heterocycles. The zero-order chi connectivity index (χ0) is 34.5. The zero-order valence-electron chi connectivity index (χ0n) is 28.4. The Kier molecular flexibility index (Phi) is 10.6. The molecule has 1 aliphatic heterocycles. The Hall–Kier alpha value is -4.70. The van der Waals surface area contributed by atoms with E-state index in [1.165, 1.54) is 0 Å². The minimum Gasteiger partial charge on any atom is -0.493 e. The van der Waals surface area contributed by atoms with E-state index in [1.54, 1.807) is 6.20 Å². The number of ether oxygens (including phenoxy) is 2. The van der Waals surface area contributed by atoms with Gasteiger partial charge in [0.1, 0.15) is 11.4 Å². The molecule has 0 fully saturated rings. The van der Waals surface area contributed by atoms with Crippen molar-refractivity contribution in [2.45, 2.75) is 53.4 Å². The average Bonchev–Trinajstić information content (AvgIpc) is 3.55. The van der Waals surface area contributed by atoms with Gasteiger partial charge in [-0.15, -0.1) is 0 Å². The molecule has 0 aliphatic carbocycles. The van der Waals surface area contributed by atoms with Crippen molar-refractivity contribution < 1.29 is 19.4 Å². The van der Waals surface area contributed by atoms with Crippen LogP contribution in [0.2, 0.25) is 5.02 Å². The summed E-state index contributed by atoms with van der Waals surface area (Å²) < 4.78 is 16.0. The van der Waals surface area contributed by atoms with Gasteiger partial charge in [-0.25, -0.2) is 4.79 Å². The number of fused-ring (bicyclic) bond motifs is 4. The maximum atomic E-state index is 13.1. The van der Waals surface area contributed by atoms with Gasteiger partial charge in [-0.1, -0.05) is 74.0 Å². The molecule has 7 rings (SSSR count). The number of nitrogens with zero attached hydrogens (tertiary/aromatic N) is 4. The van der Waals surface area contributed by atoms with Crippen molar-refractivity contribution in [3.8, 4) is 16.9 Å². The Morgan fingerprint density at radius 3 is 2.55 bits per heavy atom. The standard InChI is InChI=1S/C35H31ClN4O4.C4H11N/c1-21-31-29(38-39(21)2)20-43-19-23-10-6-16-37-28(23)18-40-33-26(14-15-27(36)32(31)33)25(34(40)35(41)42)12-7-17-44-30-13-5-9-22-8-3-4-11-24(22)30;1-3-5-4-2/h3-6,8-11,13-16H,7,12,17-20H2,1-2H3,(H,41,42);5H,3-4H2,1-2H3. The summed E-state index contributed by atoms with van der Waals surface area (Å²) in [6, 6.07) is 21.8. The van der Waals surface area contributed by atoms with Gasteiger partial charge < -0.3 is 24.5 Å². The van der Waals surface area contributed by atoms with E-state index in [1.807, 2.05) is 77.8 Å². The Balaban J connectivity index is 0.000000778. The normalized spacial score (nSPS) is 12.5. The van der Waals surface area contributed by atoms with Gasteiger partial charge in [-0.2, -0.15) is 5.10 Å². The molecular weight excluding hydrogens is 638 g/mol. The summed E-state index contributed by atoms with van der Waals surface area (Å²) in [4.78, 5) is 17.7. The number of hydrogen-bond donors (Lipinski definition) is 2. The van der Waals surface area contributed by atoms with E-state index >= 15 is 0 Å². The van der Waals surface area contributed by atoms with E-state index in [4.69, 9.17) is 26.2 Å². The van der Waals surface area contributed by atoms with E-state index in [2.05, 4.69) is 36.3 Å². The van der Waals surface area contributed by atoms with Gasteiger partial charge in [0.2, 0.25) is 0 Å². The lowest BCUT2D eigenvalue weighted by Gasteiger charge is -2.14. The van der Waals surface area contributed by atoms with Crippen LogP contribution in [-0.4, -0.2) is 50.1 Å². The number of nitrogens with one attached hydrogen (secondary N) is 1. The molecule has 0 radical (unpaired) electrons. The van der Waals surface area contributed by atoms with E-state index < -0.39 is 5.97 Å². The van der Waals surface area contributed by atoms with Gasteiger partial charge >= 0.3 is 5.97 Å². The summed E-state index contributed by atoms with van der Waals surface area (Å²) >= 11 is 6.99. The van der Waals surface area contributed by atoms with Crippen LogP contribution < -0.4 is 10.1 Å². The number of aromatic nitrogens is 4. The van der Waals surface area contributed by atoms with E-state index in [0.29, 0.717) is 31.1 Å². The number of aromatic carboxylic acids is 1. The van der Waals surface area contributed by atoms with Crippen molar-refractivity contribution in [2.24, 2.45) is 7.05 Å². The Morgan fingerprint density at radius 1 is 0.980 bits per heavy atom. The van der Waals surface area contributed by atoms with Crippen LogP contribution in [-0.2, 0) is 38.0 Å². The molecule has 3 aromatic carbocycles. The van der Waals surface area contributed by atoms with Crippen molar-refractivity contribution in [1.29, 1.82) is 0 Å². The largest absolute Gasteiger partial charge is 0.493 e. The van der Waals surface area contributed by atoms with Crippen LogP contribution >= 0.6 is 11.6 Å². The second-order valence-corrected chi connectivity index (χ2v) is 12.5. The first kappa shape index (κ1) is 34.2. The molecule has 0 bridgehead atoms. The lowest BCUT2D eigenvalue weighted by atomic mass is 9.98. The Bertz CT molecular complexity index is 2110. The van der Waals surface area contributed by atoms with Crippen LogP contribution in [0.4, 0.5) is 0 Å². The van der Waals surface area contributed by atoms with Gasteiger partial charge in [0.25, 0.3) is 0 Å². The topological polar surface area (TPSA) is 103 Å². The molecule has 0 saturated heterocycles. The number of rotatable bonds is 8.